The van der Waals surface area contributed by atoms with Crippen LogP contribution in [0.2, 0.25) is 0 Å². The van der Waals surface area contributed by atoms with Crippen molar-refractivity contribution in [3.8, 4) is 0 Å². The molecule has 2 heterocycles. The molecule has 3 rings (SSSR count). The van der Waals surface area contributed by atoms with Gasteiger partial charge in [0.2, 0.25) is 0 Å². The van der Waals surface area contributed by atoms with E-state index >= 15 is 0 Å². The molecule has 1 aliphatic heterocycles. The van der Waals surface area contributed by atoms with Gasteiger partial charge in [-0.25, -0.2) is 4.98 Å². The van der Waals surface area contributed by atoms with E-state index in [-0.39, 0.29) is 11.8 Å². The standard InChI is InChI=1S/C20H24N4O2/c1-14-11-16(3)17(12-15(14)2)19(25)23-7-4-8-24(10-9-23)20(26)18-13-21-5-6-22-18/h5-6,11-13H,4,7-10H2,1-3H3. The molecule has 1 saturated heterocycles. The summed E-state index contributed by atoms with van der Waals surface area (Å²) < 4.78 is 0. The van der Waals surface area contributed by atoms with Crippen LogP contribution in [0.5, 0.6) is 0 Å². The third kappa shape index (κ3) is 3.74. The van der Waals surface area contributed by atoms with Crippen molar-refractivity contribution in [2.75, 3.05) is 26.2 Å². The minimum absolute atomic E-state index is 0.0411. The number of carbonyl (C=O) groups excluding carboxylic acids is 2. The average Bonchev–Trinajstić information content (AvgIpc) is 2.90. The van der Waals surface area contributed by atoms with Gasteiger partial charge in [0.1, 0.15) is 5.69 Å². The molecular formula is C20H24N4O2. The number of rotatable bonds is 2. The monoisotopic (exact) mass is 352 g/mol. The topological polar surface area (TPSA) is 66.4 Å². The van der Waals surface area contributed by atoms with Crippen molar-refractivity contribution >= 4 is 11.8 Å². The van der Waals surface area contributed by atoms with Crippen molar-refractivity contribution in [2.24, 2.45) is 0 Å². The number of nitrogens with zero attached hydrogens (tertiary/aromatic N) is 4. The molecular weight excluding hydrogens is 328 g/mol. The molecule has 0 unspecified atom stereocenters. The minimum Gasteiger partial charge on any atom is -0.337 e. The maximum absolute atomic E-state index is 13.0. The molecule has 6 heteroatoms. The first-order valence-corrected chi connectivity index (χ1v) is 8.90. The summed E-state index contributed by atoms with van der Waals surface area (Å²) in [6.07, 6.45) is 5.30. The van der Waals surface area contributed by atoms with Gasteiger partial charge in [-0.15, -0.1) is 0 Å². The van der Waals surface area contributed by atoms with Crippen molar-refractivity contribution in [2.45, 2.75) is 27.2 Å². The number of amides is 2. The van der Waals surface area contributed by atoms with E-state index in [0.717, 1.165) is 23.1 Å². The Hall–Kier alpha value is -2.76. The number of hydrogen-bond acceptors (Lipinski definition) is 4. The highest BCUT2D eigenvalue weighted by atomic mass is 16.2. The number of aromatic nitrogens is 2. The molecule has 0 radical (unpaired) electrons. The van der Waals surface area contributed by atoms with Gasteiger partial charge >= 0.3 is 0 Å². The molecule has 1 aromatic heterocycles. The Labute approximate surface area is 153 Å². The van der Waals surface area contributed by atoms with Crippen LogP contribution in [-0.2, 0) is 0 Å². The Morgan fingerprint density at radius 3 is 2.15 bits per heavy atom. The molecule has 26 heavy (non-hydrogen) atoms. The van der Waals surface area contributed by atoms with Gasteiger partial charge in [0.15, 0.2) is 0 Å². The molecule has 1 fully saturated rings. The van der Waals surface area contributed by atoms with Crippen LogP contribution in [0.1, 0.15) is 44.0 Å². The molecule has 1 aromatic carbocycles. The fourth-order valence-corrected chi connectivity index (χ4v) is 3.26. The second-order valence-electron chi connectivity index (χ2n) is 6.78. The first-order chi connectivity index (χ1) is 12.5. The van der Waals surface area contributed by atoms with Gasteiger partial charge in [-0.3, -0.25) is 14.6 Å². The van der Waals surface area contributed by atoms with E-state index < -0.39 is 0 Å². The molecule has 0 aliphatic carbocycles. The van der Waals surface area contributed by atoms with Gasteiger partial charge in [0.05, 0.1) is 6.20 Å². The normalized spacial score (nSPS) is 14.9. The molecule has 2 amide bonds. The summed E-state index contributed by atoms with van der Waals surface area (Å²) in [6.45, 7) is 8.35. The highest BCUT2D eigenvalue weighted by Gasteiger charge is 2.25. The van der Waals surface area contributed by atoms with Crippen LogP contribution in [0.4, 0.5) is 0 Å². The van der Waals surface area contributed by atoms with Crippen LogP contribution in [0.25, 0.3) is 0 Å². The Balaban J connectivity index is 1.72. The van der Waals surface area contributed by atoms with E-state index in [9.17, 15) is 9.59 Å². The molecule has 1 aliphatic rings. The second-order valence-corrected chi connectivity index (χ2v) is 6.78. The lowest BCUT2D eigenvalue weighted by atomic mass is 10.00. The average molecular weight is 352 g/mol. The van der Waals surface area contributed by atoms with Gasteiger partial charge < -0.3 is 9.80 Å². The molecule has 0 N–H and O–H groups in total. The third-order valence-electron chi connectivity index (χ3n) is 4.92. The van der Waals surface area contributed by atoms with Crippen molar-refractivity contribution in [3.05, 3.63) is 58.7 Å². The maximum atomic E-state index is 13.0. The Morgan fingerprint density at radius 2 is 1.50 bits per heavy atom. The van der Waals surface area contributed by atoms with E-state index in [1.54, 1.807) is 11.1 Å². The minimum atomic E-state index is -0.130. The van der Waals surface area contributed by atoms with Crippen LogP contribution in [0, 0.1) is 20.8 Å². The van der Waals surface area contributed by atoms with Gasteiger partial charge in [0.25, 0.3) is 11.8 Å². The van der Waals surface area contributed by atoms with Gasteiger partial charge in [-0.05, 0) is 49.9 Å². The number of aryl methyl sites for hydroxylation is 3. The van der Waals surface area contributed by atoms with Crippen LogP contribution in [0.15, 0.2) is 30.7 Å². The lowest BCUT2D eigenvalue weighted by Gasteiger charge is -2.23. The fraction of sp³-hybridized carbons (Fsp3) is 0.400. The Bertz CT molecular complexity index is 820. The lowest BCUT2D eigenvalue weighted by molar-refractivity contribution is 0.0715. The molecule has 136 valence electrons. The fourth-order valence-electron chi connectivity index (χ4n) is 3.26. The van der Waals surface area contributed by atoms with Crippen molar-refractivity contribution < 1.29 is 9.59 Å². The molecule has 0 spiro atoms. The molecule has 0 bridgehead atoms. The Kier molecular flexibility index (Phi) is 5.30. The van der Waals surface area contributed by atoms with E-state index in [1.807, 2.05) is 24.8 Å². The molecule has 2 aromatic rings. The smallest absolute Gasteiger partial charge is 0.274 e. The van der Waals surface area contributed by atoms with Crippen molar-refractivity contribution in [1.82, 2.24) is 19.8 Å². The third-order valence-corrected chi connectivity index (χ3v) is 4.92. The highest BCUT2D eigenvalue weighted by molar-refractivity contribution is 5.96. The van der Waals surface area contributed by atoms with E-state index in [2.05, 4.69) is 23.0 Å². The first-order valence-electron chi connectivity index (χ1n) is 8.90. The van der Waals surface area contributed by atoms with Gasteiger partial charge in [0, 0.05) is 44.1 Å². The zero-order valence-electron chi connectivity index (χ0n) is 15.5. The summed E-state index contributed by atoms with van der Waals surface area (Å²) in [7, 11) is 0. The molecule has 0 atom stereocenters. The summed E-state index contributed by atoms with van der Waals surface area (Å²) in [6, 6.07) is 4.03. The summed E-state index contributed by atoms with van der Waals surface area (Å²) in [4.78, 5) is 37.2. The summed E-state index contributed by atoms with van der Waals surface area (Å²) in [5.41, 5.74) is 4.40. The van der Waals surface area contributed by atoms with Crippen LogP contribution < -0.4 is 0 Å². The SMILES string of the molecule is Cc1cc(C)c(C(=O)N2CCCN(C(=O)c3cnccn3)CC2)cc1C. The van der Waals surface area contributed by atoms with Crippen LogP contribution >= 0.6 is 0 Å². The zero-order chi connectivity index (χ0) is 18.7. The van der Waals surface area contributed by atoms with E-state index in [1.165, 1.54) is 18.0 Å². The number of hydrogen-bond donors (Lipinski definition) is 0. The summed E-state index contributed by atoms with van der Waals surface area (Å²) in [5, 5.41) is 0. The van der Waals surface area contributed by atoms with Crippen LogP contribution in [0.3, 0.4) is 0 Å². The summed E-state index contributed by atoms with van der Waals surface area (Å²) >= 11 is 0. The van der Waals surface area contributed by atoms with Crippen LogP contribution in [-0.4, -0.2) is 57.8 Å². The van der Waals surface area contributed by atoms with Crippen molar-refractivity contribution in [3.63, 3.8) is 0 Å². The van der Waals surface area contributed by atoms with E-state index in [0.29, 0.717) is 31.9 Å². The quantitative estimate of drug-likeness (QED) is 0.832. The van der Waals surface area contributed by atoms with E-state index in [4.69, 9.17) is 0 Å². The second kappa shape index (κ2) is 7.64. The number of benzene rings is 1. The zero-order valence-corrected chi connectivity index (χ0v) is 15.5. The largest absolute Gasteiger partial charge is 0.337 e. The lowest BCUT2D eigenvalue weighted by Crippen LogP contribution is -2.37. The first kappa shape index (κ1) is 18.0. The predicted molar refractivity (Wildman–Crippen MR) is 99.1 cm³/mol. The highest BCUT2D eigenvalue weighted by Crippen LogP contribution is 2.18. The molecule has 0 saturated carbocycles. The maximum Gasteiger partial charge on any atom is 0.274 e. The predicted octanol–water partition coefficient (Wildman–Crippen LogP) is 2.39. The summed E-state index contributed by atoms with van der Waals surface area (Å²) in [5.74, 6) is -0.0887. The van der Waals surface area contributed by atoms with Gasteiger partial charge in [-0.2, -0.15) is 0 Å². The van der Waals surface area contributed by atoms with Gasteiger partial charge in [-0.1, -0.05) is 6.07 Å². The Morgan fingerprint density at radius 1 is 0.846 bits per heavy atom. The van der Waals surface area contributed by atoms with Crippen molar-refractivity contribution in [1.29, 1.82) is 0 Å². The molecule has 6 nitrogen and oxygen atoms in total. The number of carbonyl (C=O) groups is 2.